The highest BCUT2D eigenvalue weighted by molar-refractivity contribution is 5.52. The van der Waals surface area contributed by atoms with Crippen LogP contribution in [-0.2, 0) is 6.54 Å². The zero-order chi connectivity index (χ0) is 13.0. The van der Waals surface area contributed by atoms with Crippen molar-refractivity contribution in [3.63, 3.8) is 0 Å². The van der Waals surface area contributed by atoms with Crippen LogP contribution in [0.3, 0.4) is 0 Å². The highest BCUT2D eigenvalue weighted by Crippen LogP contribution is 2.24. The number of nitrogens with one attached hydrogen (secondary N) is 1. The Kier molecular flexibility index (Phi) is 3.92. The predicted octanol–water partition coefficient (Wildman–Crippen LogP) is 3.96. The molecular weight excluding hydrogens is 227 g/mol. The number of nitrogens with zero attached hydrogens (tertiary/aromatic N) is 1. The molecule has 0 bridgehead atoms. The Bertz CT molecular complexity index is 523. The van der Waals surface area contributed by atoms with E-state index in [2.05, 4.69) is 30.2 Å². The van der Waals surface area contributed by atoms with E-state index in [-0.39, 0.29) is 5.82 Å². The van der Waals surface area contributed by atoms with Gasteiger partial charge in [0.05, 0.1) is 6.20 Å². The molecule has 1 N–H and O–H groups in total. The molecule has 1 aromatic carbocycles. The van der Waals surface area contributed by atoms with Gasteiger partial charge in [0.15, 0.2) is 0 Å². The Labute approximate surface area is 107 Å². The van der Waals surface area contributed by atoms with Gasteiger partial charge in [-0.3, -0.25) is 4.98 Å². The number of pyridine rings is 1. The molecule has 0 amide bonds. The molecule has 0 spiro atoms. The third-order valence-corrected chi connectivity index (χ3v) is 2.83. The van der Waals surface area contributed by atoms with Crippen molar-refractivity contribution in [1.29, 1.82) is 0 Å². The summed E-state index contributed by atoms with van der Waals surface area (Å²) < 4.78 is 13.0. The number of aromatic nitrogens is 1. The summed E-state index contributed by atoms with van der Waals surface area (Å²) in [5.41, 5.74) is 3.20. The lowest BCUT2D eigenvalue weighted by Crippen LogP contribution is -2.03. The third-order valence-electron chi connectivity index (χ3n) is 2.83. The maximum absolute atomic E-state index is 13.0. The topological polar surface area (TPSA) is 24.9 Å². The van der Waals surface area contributed by atoms with E-state index >= 15 is 0 Å². The maximum atomic E-state index is 13.0. The molecule has 3 heteroatoms. The van der Waals surface area contributed by atoms with E-state index in [1.54, 1.807) is 6.20 Å². The second kappa shape index (κ2) is 5.63. The van der Waals surface area contributed by atoms with Crippen LogP contribution in [0.1, 0.15) is 30.9 Å². The van der Waals surface area contributed by atoms with Gasteiger partial charge >= 0.3 is 0 Å². The molecule has 2 rings (SSSR count). The van der Waals surface area contributed by atoms with E-state index < -0.39 is 0 Å². The van der Waals surface area contributed by atoms with Crippen molar-refractivity contribution in [2.75, 3.05) is 5.32 Å². The van der Waals surface area contributed by atoms with E-state index in [0.29, 0.717) is 12.5 Å². The van der Waals surface area contributed by atoms with Crippen molar-refractivity contribution in [2.45, 2.75) is 26.3 Å². The van der Waals surface area contributed by atoms with Gasteiger partial charge in [-0.15, -0.1) is 0 Å². The molecule has 0 unspecified atom stereocenters. The zero-order valence-corrected chi connectivity index (χ0v) is 10.7. The quantitative estimate of drug-likeness (QED) is 0.880. The molecule has 0 saturated carbocycles. The second-order valence-corrected chi connectivity index (χ2v) is 4.61. The monoisotopic (exact) mass is 244 g/mol. The van der Waals surface area contributed by atoms with Crippen LogP contribution in [0.15, 0.2) is 42.7 Å². The molecule has 94 valence electrons. The van der Waals surface area contributed by atoms with E-state index in [1.807, 2.05) is 18.2 Å². The lowest BCUT2D eigenvalue weighted by molar-refractivity contribution is 0.619. The van der Waals surface area contributed by atoms with Crippen LogP contribution in [0.2, 0.25) is 0 Å². The largest absolute Gasteiger partial charge is 0.381 e. The summed E-state index contributed by atoms with van der Waals surface area (Å²) in [6.07, 6.45) is 2.89. The van der Waals surface area contributed by atoms with Gasteiger partial charge in [0.2, 0.25) is 0 Å². The SMILES string of the molecule is CC(C)c1ccccc1NCc1cncc(F)c1. The molecule has 0 saturated heterocycles. The molecule has 0 aliphatic carbocycles. The predicted molar refractivity (Wildman–Crippen MR) is 72.1 cm³/mol. The second-order valence-electron chi connectivity index (χ2n) is 4.61. The molecule has 0 aliphatic heterocycles. The van der Waals surface area contributed by atoms with Gasteiger partial charge < -0.3 is 5.32 Å². The number of hydrogen-bond donors (Lipinski definition) is 1. The standard InChI is InChI=1S/C15H17FN2/c1-11(2)14-5-3-4-6-15(14)18-9-12-7-13(16)10-17-8-12/h3-8,10-11,18H,9H2,1-2H3. The summed E-state index contributed by atoms with van der Waals surface area (Å²) in [7, 11) is 0. The summed E-state index contributed by atoms with van der Waals surface area (Å²) in [6, 6.07) is 9.68. The molecule has 0 atom stereocenters. The number of benzene rings is 1. The molecule has 0 fully saturated rings. The Morgan fingerprint density at radius 2 is 2.00 bits per heavy atom. The minimum Gasteiger partial charge on any atom is -0.381 e. The minimum absolute atomic E-state index is 0.300. The summed E-state index contributed by atoms with van der Waals surface area (Å²) >= 11 is 0. The normalized spacial score (nSPS) is 10.7. The van der Waals surface area contributed by atoms with Gasteiger partial charge in [-0.05, 0) is 29.2 Å². The van der Waals surface area contributed by atoms with E-state index in [0.717, 1.165) is 11.3 Å². The Morgan fingerprint density at radius 1 is 1.22 bits per heavy atom. The van der Waals surface area contributed by atoms with Crippen molar-refractivity contribution < 1.29 is 4.39 Å². The van der Waals surface area contributed by atoms with Crippen molar-refractivity contribution in [1.82, 2.24) is 4.98 Å². The Morgan fingerprint density at radius 3 is 2.72 bits per heavy atom. The fourth-order valence-corrected chi connectivity index (χ4v) is 1.91. The number of halogens is 1. The van der Waals surface area contributed by atoms with Gasteiger partial charge in [-0.25, -0.2) is 4.39 Å². The zero-order valence-electron chi connectivity index (χ0n) is 10.7. The number of hydrogen-bond acceptors (Lipinski definition) is 2. The lowest BCUT2D eigenvalue weighted by atomic mass is 10.0. The van der Waals surface area contributed by atoms with Gasteiger partial charge in [0.1, 0.15) is 5.82 Å². The molecule has 2 nitrogen and oxygen atoms in total. The highest BCUT2D eigenvalue weighted by atomic mass is 19.1. The van der Waals surface area contributed by atoms with Crippen molar-refractivity contribution in [2.24, 2.45) is 0 Å². The highest BCUT2D eigenvalue weighted by Gasteiger charge is 2.05. The number of rotatable bonds is 4. The molecule has 1 heterocycles. The first-order valence-corrected chi connectivity index (χ1v) is 6.09. The summed E-state index contributed by atoms with van der Waals surface area (Å²) in [4.78, 5) is 3.84. The number of para-hydroxylation sites is 1. The van der Waals surface area contributed by atoms with Crippen LogP contribution < -0.4 is 5.32 Å². The van der Waals surface area contributed by atoms with Crippen molar-refractivity contribution in [3.8, 4) is 0 Å². The summed E-state index contributed by atoms with van der Waals surface area (Å²) in [6.45, 7) is 4.89. The van der Waals surface area contributed by atoms with Crippen LogP contribution in [0.4, 0.5) is 10.1 Å². The maximum Gasteiger partial charge on any atom is 0.141 e. The van der Waals surface area contributed by atoms with Crippen molar-refractivity contribution in [3.05, 3.63) is 59.7 Å². The first kappa shape index (κ1) is 12.6. The summed E-state index contributed by atoms with van der Waals surface area (Å²) in [5.74, 6) is 0.158. The number of anilines is 1. The van der Waals surface area contributed by atoms with Gasteiger partial charge in [0, 0.05) is 18.4 Å². The fraction of sp³-hybridized carbons (Fsp3) is 0.267. The van der Waals surface area contributed by atoms with E-state index in [9.17, 15) is 4.39 Å². The van der Waals surface area contributed by atoms with Crippen LogP contribution in [0.5, 0.6) is 0 Å². The summed E-state index contributed by atoms with van der Waals surface area (Å²) in [5, 5.41) is 3.33. The Hall–Kier alpha value is -1.90. The molecular formula is C15H17FN2. The van der Waals surface area contributed by atoms with Gasteiger partial charge in [-0.1, -0.05) is 32.0 Å². The van der Waals surface area contributed by atoms with Gasteiger partial charge in [0.25, 0.3) is 0 Å². The van der Waals surface area contributed by atoms with Crippen LogP contribution in [0, 0.1) is 5.82 Å². The van der Waals surface area contributed by atoms with Crippen LogP contribution in [0.25, 0.3) is 0 Å². The van der Waals surface area contributed by atoms with Crippen molar-refractivity contribution >= 4 is 5.69 Å². The van der Waals surface area contributed by atoms with E-state index in [4.69, 9.17) is 0 Å². The van der Waals surface area contributed by atoms with Crippen LogP contribution >= 0.6 is 0 Å². The van der Waals surface area contributed by atoms with Gasteiger partial charge in [-0.2, -0.15) is 0 Å². The minimum atomic E-state index is -0.300. The molecule has 0 aliphatic rings. The third kappa shape index (κ3) is 3.06. The smallest absolute Gasteiger partial charge is 0.141 e. The molecule has 18 heavy (non-hydrogen) atoms. The molecule has 1 aromatic heterocycles. The molecule has 0 radical (unpaired) electrons. The van der Waals surface area contributed by atoms with E-state index in [1.165, 1.54) is 17.8 Å². The average molecular weight is 244 g/mol. The first-order chi connectivity index (χ1) is 8.66. The lowest BCUT2D eigenvalue weighted by Gasteiger charge is -2.14. The fourth-order valence-electron chi connectivity index (χ4n) is 1.91. The molecule has 2 aromatic rings. The van der Waals surface area contributed by atoms with Crippen LogP contribution in [-0.4, -0.2) is 4.98 Å². The Balaban J connectivity index is 2.11. The average Bonchev–Trinajstić information content (AvgIpc) is 2.37. The first-order valence-electron chi connectivity index (χ1n) is 6.09.